The molecule has 7 nitrogen and oxygen atoms in total. The lowest BCUT2D eigenvalue weighted by Gasteiger charge is -2.18. The molecule has 0 spiro atoms. The Morgan fingerprint density at radius 2 is 2.00 bits per heavy atom. The topological polar surface area (TPSA) is 81.5 Å². The van der Waals surface area contributed by atoms with Crippen molar-refractivity contribution in [1.29, 1.82) is 0 Å². The van der Waals surface area contributed by atoms with Gasteiger partial charge in [0.2, 0.25) is 10.0 Å². The van der Waals surface area contributed by atoms with Crippen LogP contribution in [0.15, 0.2) is 53.7 Å². The van der Waals surface area contributed by atoms with Gasteiger partial charge in [0.15, 0.2) is 0 Å². The number of pyridine rings is 1. The molecule has 0 saturated carbocycles. The number of nitrogens with zero attached hydrogens (tertiary/aromatic N) is 3. The highest BCUT2D eigenvalue weighted by molar-refractivity contribution is 7.89. The van der Waals surface area contributed by atoms with Gasteiger partial charge >= 0.3 is 0 Å². The molecule has 0 N–H and O–H groups in total. The van der Waals surface area contributed by atoms with E-state index in [2.05, 4.69) is 9.55 Å². The molecule has 0 unspecified atom stereocenters. The van der Waals surface area contributed by atoms with Gasteiger partial charge in [-0.05, 0) is 56.7 Å². The largest absolute Gasteiger partial charge is 0.491 e. The third-order valence-corrected chi connectivity index (χ3v) is 7.20. The van der Waals surface area contributed by atoms with Crippen LogP contribution in [0.3, 0.4) is 0 Å². The van der Waals surface area contributed by atoms with E-state index < -0.39 is 10.0 Å². The highest BCUT2D eigenvalue weighted by atomic mass is 32.2. The van der Waals surface area contributed by atoms with E-state index in [9.17, 15) is 13.2 Å². The van der Waals surface area contributed by atoms with E-state index in [1.807, 2.05) is 32.2 Å². The van der Waals surface area contributed by atoms with Gasteiger partial charge in [-0.3, -0.25) is 4.98 Å². The molecule has 1 aliphatic heterocycles. The van der Waals surface area contributed by atoms with Gasteiger partial charge < -0.3 is 14.1 Å². The zero-order chi connectivity index (χ0) is 21.3. The molecule has 3 heterocycles. The first kappa shape index (κ1) is 20.6. The maximum atomic E-state index is 13.1. The Kier molecular flexibility index (Phi) is 5.62. The minimum absolute atomic E-state index is 0.00424. The standard InChI is InChI=1S/C22H25N3O4S/c1-16(2)29-19-5-7-20(8-6-19)30(27,28)24-12-9-18(15-24)25-14-17(10-13-26)22-21(25)4-3-11-23-22/h3-8,11,13-14,16,18H,9-10,12,15H2,1-2H3/t18-/m1/s1. The molecule has 1 aromatic carbocycles. The Labute approximate surface area is 176 Å². The number of ether oxygens (including phenoxy) is 1. The van der Waals surface area contributed by atoms with Crippen LogP contribution in [0.4, 0.5) is 0 Å². The summed E-state index contributed by atoms with van der Waals surface area (Å²) in [4.78, 5) is 15.7. The summed E-state index contributed by atoms with van der Waals surface area (Å²) in [6.45, 7) is 4.68. The Bertz CT molecular complexity index is 1150. The van der Waals surface area contributed by atoms with Crippen molar-refractivity contribution in [3.8, 4) is 5.75 Å². The molecule has 0 radical (unpaired) electrons. The van der Waals surface area contributed by atoms with Crippen molar-refractivity contribution in [3.63, 3.8) is 0 Å². The molecule has 0 bridgehead atoms. The highest BCUT2D eigenvalue weighted by Crippen LogP contribution is 2.32. The van der Waals surface area contributed by atoms with Crippen molar-refractivity contribution >= 4 is 27.3 Å². The molecular weight excluding hydrogens is 402 g/mol. The first-order valence-corrected chi connectivity index (χ1v) is 11.5. The lowest BCUT2D eigenvalue weighted by Crippen LogP contribution is -2.29. The fourth-order valence-electron chi connectivity index (χ4n) is 3.96. The number of aromatic nitrogens is 2. The van der Waals surface area contributed by atoms with Crippen molar-refractivity contribution in [3.05, 3.63) is 54.4 Å². The summed E-state index contributed by atoms with van der Waals surface area (Å²) < 4.78 is 35.5. The first-order chi connectivity index (χ1) is 14.4. The van der Waals surface area contributed by atoms with Crippen LogP contribution in [0.5, 0.6) is 5.75 Å². The molecule has 0 amide bonds. The first-order valence-electron chi connectivity index (χ1n) is 10.0. The summed E-state index contributed by atoms with van der Waals surface area (Å²) in [5, 5.41) is 0. The molecular formula is C22H25N3O4S. The van der Waals surface area contributed by atoms with E-state index in [0.717, 1.165) is 22.9 Å². The lowest BCUT2D eigenvalue weighted by molar-refractivity contribution is -0.107. The lowest BCUT2D eigenvalue weighted by atomic mass is 10.2. The van der Waals surface area contributed by atoms with Gasteiger partial charge in [0.25, 0.3) is 0 Å². The second-order valence-electron chi connectivity index (χ2n) is 7.75. The predicted molar refractivity (Wildman–Crippen MR) is 114 cm³/mol. The molecule has 30 heavy (non-hydrogen) atoms. The van der Waals surface area contributed by atoms with Crippen LogP contribution in [-0.2, 0) is 21.2 Å². The van der Waals surface area contributed by atoms with Crippen molar-refractivity contribution in [2.45, 2.75) is 43.7 Å². The van der Waals surface area contributed by atoms with E-state index in [-0.39, 0.29) is 17.0 Å². The minimum atomic E-state index is -3.59. The van der Waals surface area contributed by atoms with Crippen molar-refractivity contribution < 1.29 is 17.9 Å². The fourth-order valence-corrected chi connectivity index (χ4v) is 5.45. The van der Waals surface area contributed by atoms with Crippen molar-refractivity contribution in [1.82, 2.24) is 13.9 Å². The van der Waals surface area contributed by atoms with E-state index in [1.165, 1.54) is 4.31 Å². The summed E-state index contributed by atoms with van der Waals surface area (Å²) in [5.41, 5.74) is 2.59. The predicted octanol–water partition coefficient (Wildman–Crippen LogP) is 3.20. The quantitative estimate of drug-likeness (QED) is 0.541. The van der Waals surface area contributed by atoms with Crippen molar-refractivity contribution in [2.75, 3.05) is 13.1 Å². The number of benzene rings is 1. The van der Waals surface area contributed by atoms with E-state index in [0.29, 0.717) is 31.7 Å². The van der Waals surface area contributed by atoms with Gasteiger partial charge in [-0.15, -0.1) is 0 Å². The minimum Gasteiger partial charge on any atom is -0.491 e. The number of hydrogen-bond acceptors (Lipinski definition) is 5. The van der Waals surface area contributed by atoms with Gasteiger partial charge in [-0.1, -0.05) is 0 Å². The molecule has 2 aromatic heterocycles. The van der Waals surface area contributed by atoms with Crippen LogP contribution >= 0.6 is 0 Å². The van der Waals surface area contributed by atoms with Gasteiger partial charge in [0.05, 0.1) is 22.0 Å². The summed E-state index contributed by atoms with van der Waals surface area (Å²) in [7, 11) is -3.59. The molecule has 1 atom stereocenters. The summed E-state index contributed by atoms with van der Waals surface area (Å²) in [5.74, 6) is 0.650. The third-order valence-electron chi connectivity index (χ3n) is 5.32. The van der Waals surface area contributed by atoms with E-state index in [1.54, 1.807) is 30.5 Å². The maximum Gasteiger partial charge on any atom is 0.243 e. The monoisotopic (exact) mass is 427 g/mol. The van der Waals surface area contributed by atoms with E-state index in [4.69, 9.17) is 4.74 Å². The highest BCUT2D eigenvalue weighted by Gasteiger charge is 2.34. The van der Waals surface area contributed by atoms with Crippen LogP contribution < -0.4 is 4.74 Å². The second kappa shape index (κ2) is 8.20. The Balaban J connectivity index is 1.57. The number of aldehydes is 1. The Morgan fingerprint density at radius 1 is 1.23 bits per heavy atom. The van der Waals surface area contributed by atoms with E-state index >= 15 is 0 Å². The van der Waals surface area contributed by atoms with Crippen LogP contribution in [0.1, 0.15) is 31.9 Å². The smallest absolute Gasteiger partial charge is 0.243 e. The van der Waals surface area contributed by atoms with Crippen LogP contribution in [0.2, 0.25) is 0 Å². The molecule has 1 aliphatic rings. The molecule has 8 heteroatoms. The number of fused-ring (bicyclic) bond motifs is 1. The number of rotatable bonds is 7. The van der Waals surface area contributed by atoms with Crippen LogP contribution in [-0.4, -0.2) is 47.8 Å². The summed E-state index contributed by atoms with van der Waals surface area (Å²) in [6.07, 6.45) is 5.53. The Hall–Kier alpha value is -2.71. The normalized spacial score (nSPS) is 17.6. The Morgan fingerprint density at radius 3 is 2.70 bits per heavy atom. The summed E-state index contributed by atoms with van der Waals surface area (Å²) >= 11 is 0. The van der Waals surface area contributed by atoms with Gasteiger partial charge in [0.1, 0.15) is 12.0 Å². The average Bonchev–Trinajstić information content (AvgIpc) is 3.34. The second-order valence-corrected chi connectivity index (χ2v) is 9.69. The molecule has 4 rings (SSSR count). The fraction of sp³-hybridized carbons (Fsp3) is 0.364. The maximum absolute atomic E-state index is 13.1. The molecule has 1 saturated heterocycles. The van der Waals surface area contributed by atoms with Gasteiger partial charge in [0, 0.05) is 43.5 Å². The van der Waals surface area contributed by atoms with Gasteiger partial charge in [-0.25, -0.2) is 8.42 Å². The number of hydrogen-bond donors (Lipinski definition) is 0. The number of sulfonamides is 1. The zero-order valence-electron chi connectivity index (χ0n) is 17.1. The molecule has 0 aliphatic carbocycles. The van der Waals surface area contributed by atoms with Crippen LogP contribution in [0, 0.1) is 0 Å². The average molecular weight is 428 g/mol. The van der Waals surface area contributed by atoms with Crippen LogP contribution in [0.25, 0.3) is 11.0 Å². The molecule has 1 fully saturated rings. The van der Waals surface area contributed by atoms with Crippen molar-refractivity contribution in [2.24, 2.45) is 0 Å². The summed E-state index contributed by atoms with van der Waals surface area (Å²) in [6, 6.07) is 10.4. The number of carbonyl (C=O) groups is 1. The zero-order valence-corrected chi connectivity index (χ0v) is 17.9. The molecule has 158 valence electrons. The SMILES string of the molecule is CC(C)Oc1ccc(S(=O)(=O)N2CC[C@@H](n3cc(CC=O)c4ncccc43)C2)cc1. The molecule has 3 aromatic rings. The third kappa shape index (κ3) is 3.85. The van der Waals surface area contributed by atoms with Gasteiger partial charge in [-0.2, -0.15) is 4.31 Å². The number of carbonyl (C=O) groups excluding carboxylic acids is 1.